The highest BCUT2D eigenvalue weighted by Gasteiger charge is 2.12. The van der Waals surface area contributed by atoms with Crippen LogP contribution in [0.5, 0.6) is 11.5 Å². The molecule has 0 saturated heterocycles. The molecule has 0 unspecified atom stereocenters. The van der Waals surface area contributed by atoms with Crippen LogP contribution in [0.3, 0.4) is 0 Å². The zero-order chi connectivity index (χ0) is 17.5. The fourth-order valence-corrected chi connectivity index (χ4v) is 2.50. The van der Waals surface area contributed by atoms with Crippen molar-refractivity contribution in [2.45, 2.75) is 40.0 Å². The Balaban J connectivity index is 2.15. The van der Waals surface area contributed by atoms with Crippen LogP contribution >= 0.6 is 23.2 Å². The minimum absolute atomic E-state index is 0.387. The highest BCUT2D eigenvalue weighted by Crippen LogP contribution is 2.34. The van der Waals surface area contributed by atoms with Crippen molar-refractivity contribution in [2.75, 3.05) is 6.61 Å². The molecule has 2 aromatic rings. The Morgan fingerprint density at radius 1 is 1.00 bits per heavy atom. The van der Waals surface area contributed by atoms with Crippen molar-refractivity contribution in [2.24, 2.45) is 0 Å². The van der Waals surface area contributed by atoms with Gasteiger partial charge in [0.25, 0.3) is 0 Å². The van der Waals surface area contributed by atoms with Crippen LogP contribution in [0.2, 0.25) is 10.0 Å². The molecule has 0 bridgehead atoms. The molecule has 0 atom stereocenters. The lowest BCUT2D eigenvalue weighted by Crippen LogP contribution is -2.22. The Morgan fingerprint density at radius 3 is 2.29 bits per heavy atom. The summed E-state index contributed by atoms with van der Waals surface area (Å²) in [6, 6.07) is 11.7. The summed E-state index contributed by atoms with van der Waals surface area (Å²) in [4.78, 5) is 0. The molecule has 0 aliphatic carbocycles. The van der Waals surface area contributed by atoms with E-state index in [0.29, 0.717) is 47.3 Å². The van der Waals surface area contributed by atoms with E-state index in [4.69, 9.17) is 32.7 Å². The Labute approximate surface area is 153 Å². The standard InChI is InChI=1S/C19H23Cl2NO2/c1-4-23-18-9-15(11-22-13(2)3)17(21)10-19(18)24-12-14-5-7-16(20)8-6-14/h5-10,13,22H,4,11-12H2,1-3H3. The molecule has 2 aromatic carbocycles. The summed E-state index contributed by atoms with van der Waals surface area (Å²) in [6.45, 7) is 7.83. The predicted octanol–water partition coefficient (Wildman–Crippen LogP) is 5.47. The van der Waals surface area contributed by atoms with Crippen molar-refractivity contribution in [3.05, 3.63) is 57.6 Å². The van der Waals surface area contributed by atoms with Gasteiger partial charge in [-0.25, -0.2) is 0 Å². The molecule has 3 nitrogen and oxygen atoms in total. The van der Waals surface area contributed by atoms with E-state index in [1.54, 1.807) is 0 Å². The molecule has 0 fully saturated rings. The van der Waals surface area contributed by atoms with Gasteiger partial charge in [-0.3, -0.25) is 0 Å². The lowest BCUT2D eigenvalue weighted by atomic mass is 10.2. The highest BCUT2D eigenvalue weighted by atomic mass is 35.5. The maximum Gasteiger partial charge on any atom is 0.163 e. The molecular weight excluding hydrogens is 345 g/mol. The number of nitrogens with one attached hydrogen (secondary N) is 1. The number of hydrogen-bond acceptors (Lipinski definition) is 3. The maximum absolute atomic E-state index is 6.39. The van der Waals surface area contributed by atoms with Crippen molar-refractivity contribution in [3.8, 4) is 11.5 Å². The van der Waals surface area contributed by atoms with Crippen molar-refractivity contribution < 1.29 is 9.47 Å². The summed E-state index contributed by atoms with van der Waals surface area (Å²) in [6.07, 6.45) is 0. The molecule has 0 aliphatic rings. The first-order valence-electron chi connectivity index (χ1n) is 8.05. The van der Waals surface area contributed by atoms with Gasteiger partial charge in [0.05, 0.1) is 6.61 Å². The molecule has 1 N–H and O–H groups in total. The Kier molecular flexibility index (Phi) is 7.22. The first-order chi connectivity index (χ1) is 11.5. The first kappa shape index (κ1) is 18.9. The summed E-state index contributed by atoms with van der Waals surface area (Å²) in [5.74, 6) is 1.35. The van der Waals surface area contributed by atoms with E-state index < -0.39 is 0 Å². The molecular formula is C19H23Cl2NO2. The first-order valence-corrected chi connectivity index (χ1v) is 8.81. The third-order valence-electron chi connectivity index (χ3n) is 3.42. The van der Waals surface area contributed by atoms with Crippen LogP contribution in [0.1, 0.15) is 31.9 Å². The topological polar surface area (TPSA) is 30.5 Å². The Bertz CT molecular complexity index is 657. The average molecular weight is 368 g/mol. The van der Waals surface area contributed by atoms with Gasteiger partial charge >= 0.3 is 0 Å². The number of ether oxygens (including phenoxy) is 2. The number of halogens is 2. The summed E-state index contributed by atoms with van der Waals surface area (Å²) >= 11 is 12.3. The van der Waals surface area contributed by atoms with E-state index in [9.17, 15) is 0 Å². The molecule has 0 aliphatic heterocycles. The smallest absolute Gasteiger partial charge is 0.163 e. The zero-order valence-corrected chi connectivity index (χ0v) is 15.7. The minimum Gasteiger partial charge on any atom is -0.490 e. The van der Waals surface area contributed by atoms with Gasteiger partial charge in [-0.2, -0.15) is 0 Å². The van der Waals surface area contributed by atoms with Gasteiger partial charge in [-0.05, 0) is 36.2 Å². The van der Waals surface area contributed by atoms with E-state index in [1.807, 2.05) is 43.3 Å². The highest BCUT2D eigenvalue weighted by molar-refractivity contribution is 6.31. The fraction of sp³-hybridized carbons (Fsp3) is 0.368. The number of benzene rings is 2. The second kappa shape index (κ2) is 9.16. The normalized spacial score (nSPS) is 10.9. The van der Waals surface area contributed by atoms with E-state index in [0.717, 1.165) is 11.1 Å². The predicted molar refractivity (Wildman–Crippen MR) is 100 cm³/mol. The summed E-state index contributed by atoms with van der Waals surface area (Å²) < 4.78 is 11.6. The molecule has 0 amide bonds. The molecule has 0 aromatic heterocycles. The summed E-state index contributed by atoms with van der Waals surface area (Å²) in [5.41, 5.74) is 2.02. The van der Waals surface area contributed by atoms with Crippen molar-refractivity contribution in [1.29, 1.82) is 0 Å². The second-order valence-electron chi connectivity index (χ2n) is 5.77. The van der Waals surface area contributed by atoms with Crippen LogP contribution in [-0.2, 0) is 13.2 Å². The molecule has 0 spiro atoms. The molecule has 0 saturated carbocycles. The zero-order valence-electron chi connectivity index (χ0n) is 14.2. The van der Waals surface area contributed by atoms with E-state index in [2.05, 4.69) is 19.2 Å². The van der Waals surface area contributed by atoms with Gasteiger partial charge in [0.15, 0.2) is 11.5 Å². The van der Waals surface area contributed by atoms with Gasteiger partial charge < -0.3 is 14.8 Å². The van der Waals surface area contributed by atoms with Gasteiger partial charge in [-0.1, -0.05) is 49.2 Å². The fourth-order valence-electron chi connectivity index (χ4n) is 2.15. The van der Waals surface area contributed by atoms with Crippen LogP contribution in [0.25, 0.3) is 0 Å². The lowest BCUT2D eigenvalue weighted by molar-refractivity contribution is 0.269. The van der Waals surface area contributed by atoms with Gasteiger partial charge in [0, 0.05) is 28.7 Å². The largest absolute Gasteiger partial charge is 0.490 e. The van der Waals surface area contributed by atoms with Gasteiger partial charge in [0.1, 0.15) is 6.61 Å². The van der Waals surface area contributed by atoms with Crippen LogP contribution in [0.4, 0.5) is 0 Å². The molecule has 130 valence electrons. The SMILES string of the molecule is CCOc1cc(CNC(C)C)c(Cl)cc1OCc1ccc(Cl)cc1. The van der Waals surface area contributed by atoms with Crippen LogP contribution in [0, 0.1) is 0 Å². The molecule has 24 heavy (non-hydrogen) atoms. The second-order valence-corrected chi connectivity index (χ2v) is 6.62. The van der Waals surface area contributed by atoms with Crippen LogP contribution < -0.4 is 14.8 Å². The van der Waals surface area contributed by atoms with Crippen molar-refractivity contribution >= 4 is 23.2 Å². The molecule has 0 heterocycles. The lowest BCUT2D eigenvalue weighted by Gasteiger charge is -2.16. The van der Waals surface area contributed by atoms with Crippen LogP contribution in [0.15, 0.2) is 36.4 Å². The number of rotatable bonds is 8. The van der Waals surface area contributed by atoms with E-state index >= 15 is 0 Å². The third-order valence-corrected chi connectivity index (χ3v) is 4.02. The summed E-state index contributed by atoms with van der Waals surface area (Å²) in [5, 5.41) is 4.73. The quantitative estimate of drug-likeness (QED) is 0.670. The van der Waals surface area contributed by atoms with E-state index in [-0.39, 0.29) is 0 Å². The number of hydrogen-bond donors (Lipinski definition) is 1. The third kappa shape index (κ3) is 5.59. The molecule has 0 radical (unpaired) electrons. The Hall–Kier alpha value is -1.42. The van der Waals surface area contributed by atoms with E-state index in [1.165, 1.54) is 0 Å². The van der Waals surface area contributed by atoms with Gasteiger partial charge in [-0.15, -0.1) is 0 Å². The average Bonchev–Trinajstić information content (AvgIpc) is 2.55. The Morgan fingerprint density at radius 2 is 1.67 bits per heavy atom. The minimum atomic E-state index is 0.387. The monoisotopic (exact) mass is 367 g/mol. The van der Waals surface area contributed by atoms with Crippen molar-refractivity contribution in [3.63, 3.8) is 0 Å². The van der Waals surface area contributed by atoms with Crippen molar-refractivity contribution in [1.82, 2.24) is 5.32 Å². The van der Waals surface area contributed by atoms with Crippen LogP contribution in [-0.4, -0.2) is 12.6 Å². The molecule has 5 heteroatoms. The summed E-state index contributed by atoms with van der Waals surface area (Å²) in [7, 11) is 0. The molecule has 2 rings (SSSR count). The van der Waals surface area contributed by atoms with Gasteiger partial charge in [0.2, 0.25) is 0 Å². The maximum atomic E-state index is 6.39.